The Bertz CT molecular complexity index is 505. The number of thioether (sulfide) groups is 1. The van der Waals surface area contributed by atoms with Gasteiger partial charge in [0.15, 0.2) is 5.16 Å². The Labute approximate surface area is 100 Å². The van der Waals surface area contributed by atoms with Crippen LogP contribution in [-0.4, -0.2) is 33.3 Å². The Morgan fingerprint density at radius 3 is 2.76 bits per heavy atom. The molecule has 0 aliphatic rings. The van der Waals surface area contributed by atoms with Crippen molar-refractivity contribution in [3.05, 3.63) is 33.1 Å². The third-order valence-electron chi connectivity index (χ3n) is 1.55. The monoisotopic (exact) mass is 257 g/mol. The lowest BCUT2D eigenvalue weighted by molar-refractivity contribution is -0.138. The van der Waals surface area contributed by atoms with Crippen molar-refractivity contribution in [2.75, 3.05) is 12.4 Å². The van der Waals surface area contributed by atoms with Gasteiger partial charge in [0.25, 0.3) is 0 Å². The summed E-state index contributed by atoms with van der Waals surface area (Å²) in [6.45, 7) is 5.12. The van der Waals surface area contributed by atoms with E-state index in [1.165, 1.54) is 0 Å². The van der Waals surface area contributed by atoms with Crippen LogP contribution in [0.15, 0.2) is 26.9 Å². The van der Waals surface area contributed by atoms with E-state index in [2.05, 4.69) is 16.5 Å². The highest BCUT2D eigenvalue weighted by Gasteiger charge is 2.03. The summed E-state index contributed by atoms with van der Waals surface area (Å²) >= 11 is 1.11. The summed E-state index contributed by atoms with van der Waals surface area (Å²) in [5.74, 6) is -0.0937. The average Bonchev–Trinajstić information content (AvgIpc) is 2.22. The molecule has 0 spiro atoms. The maximum Gasteiger partial charge on any atom is 0.351 e. The number of hydrogen-bond acceptors (Lipinski definition) is 6. The highest BCUT2D eigenvalue weighted by Crippen LogP contribution is 2.08. The van der Waals surface area contributed by atoms with Crippen molar-refractivity contribution in [3.8, 4) is 0 Å². The van der Waals surface area contributed by atoms with Gasteiger partial charge in [-0.25, -0.2) is 14.4 Å². The van der Waals surface area contributed by atoms with E-state index in [9.17, 15) is 14.4 Å². The van der Waals surface area contributed by atoms with E-state index in [0.717, 1.165) is 11.8 Å². The van der Waals surface area contributed by atoms with Gasteiger partial charge in [0.2, 0.25) is 0 Å². The van der Waals surface area contributed by atoms with E-state index in [4.69, 9.17) is 4.74 Å². The van der Waals surface area contributed by atoms with Crippen LogP contribution in [0.25, 0.3) is 0 Å². The van der Waals surface area contributed by atoms with Crippen LogP contribution in [-0.2, 0) is 9.53 Å². The molecule has 0 radical (unpaired) electrons. The second kappa shape index (κ2) is 6.04. The predicted molar refractivity (Wildman–Crippen MR) is 62.0 cm³/mol. The molecule has 0 aliphatic carbocycles. The molecule has 0 atom stereocenters. The maximum absolute atomic E-state index is 11.0. The van der Waals surface area contributed by atoms with Gasteiger partial charge in [-0.05, 0) is 6.92 Å². The van der Waals surface area contributed by atoms with Crippen LogP contribution in [0.2, 0.25) is 0 Å². The fourth-order valence-corrected chi connectivity index (χ4v) is 1.51. The molecule has 0 aromatic carbocycles. The molecule has 92 valence electrons. The van der Waals surface area contributed by atoms with E-state index >= 15 is 0 Å². The van der Waals surface area contributed by atoms with Gasteiger partial charge in [-0.2, -0.15) is 4.98 Å². The van der Waals surface area contributed by atoms with E-state index in [1.807, 2.05) is 4.98 Å². The Balaban J connectivity index is 2.41. The zero-order chi connectivity index (χ0) is 12.8. The fourth-order valence-electron chi connectivity index (χ4n) is 0.838. The molecule has 0 saturated heterocycles. The minimum Gasteiger partial charge on any atom is -0.461 e. The number of carbonyl (C=O) groups is 1. The number of hydrogen-bond donors (Lipinski definition) is 2. The molecule has 0 unspecified atom stereocenters. The van der Waals surface area contributed by atoms with Gasteiger partial charge in [-0.15, -0.1) is 0 Å². The Hall–Kier alpha value is -1.83. The zero-order valence-electron chi connectivity index (χ0n) is 9.11. The van der Waals surface area contributed by atoms with Gasteiger partial charge >= 0.3 is 17.3 Å². The lowest BCUT2D eigenvalue weighted by Crippen LogP contribution is -2.25. The minimum absolute atomic E-state index is 0.146. The molecule has 17 heavy (non-hydrogen) atoms. The number of carbonyl (C=O) groups excluding carboxylic acids is 1. The number of rotatable bonds is 5. The zero-order valence-corrected chi connectivity index (χ0v) is 9.93. The minimum atomic E-state index is -0.713. The summed E-state index contributed by atoms with van der Waals surface area (Å²) in [6.07, 6.45) is 0. The van der Waals surface area contributed by atoms with Crippen molar-refractivity contribution in [1.82, 2.24) is 15.0 Å². The topological polar surface area (TPSA) is 105 Å². The van der Waals surface area contributed by atoms with Crippen LogP contribution in [0.1, 0.15) is 6.92 Å². The van der Waals surface area contributed by atoms with E-state index < -0.39 is 17.3 Å². The summed E-state index contributed by atoms with van der Waals surface area (Å²) in [4.78, 5) is 40.5. The molecule has 0 fully saturated rings. The lowest BCUT2D eigenvalue weighted by atomic mass is 10.4. The SMILES string of the molecule is C=C(C)C(=O)OCCSc1nc(=O)[nH]c(=O)[nH]1. The summed E-state index contributed by atoms with van der Waals surface area (Å²) in [5, 5.41) is 0.185. The van der Waals surface area contributed by atoms with Crippen molar-refractivity contribution in [3.63, 3.8) is 0 Å². The first-order valence-corrected chi connectivity index (χ1v) is 5.63. The Morgan fingerprint density at radius 1 is 1.47 bits per heavy atom. The average molecular weight is 257 g/mol. The fraction of sp³-hybridized carbons (Fsp3) is 0.333. The summed E-state index contributed by atoms with van der Waals surface area (Å²) in [5.41, 5.74) is -1.01. The van der Waals surface area contributed by atoms with Crippen molar-refractivity contribution >= 4 is 17.7 Å². The summed E-state index contributed by atoms with van der Waals surface area (Å²) < 4.78 is 4.82. The molecule has 0 aliphatic heterocycles. The third-order valence-corrected chi connectivity index (χ3v) is 2.39. The molecule has 8 heteroatoms. The van der Waals surface area contributed by atoms with E-state index in [1.54, 1.807) is 6.92 Å². The maximum atomic E-state index is 11.0. The lowest BCUT2D eigenvalue weighted by Gasteiger charge is -2.03. The number of nitrogens with zero attached hydrogens (tertiary/aromatic N) is 1. The molecule has 0 saturated carbocycles. The normalized spacial score (nSPS) is 9.94. The Kier molecular flexibility index (Phi) is 4.70. The van der Waals surface area contributed by atoms with Gasteiger partial charge in [0.05, 0.1) is 0 Å². The third kappa shape index (κ3) is 4.68. The highest BCUT2D eigenvalue weighted by molar-refractivity contribution is 7.99. The predicted octanol–water partition coefficient (Wildman–Crippen LogP) is -0.330. The molecule has 1 heterocycles. The van der Waals surface area contributed by atoms with Gasteiger partial charge in [0.1, 0.15) is 6.61 Å². The number of H-pyrrole nitrogens is 2. The molecule has 1 aromatic heterocycles. The second-order valence-electron chi connectivity index (χ2n) is 3.07. The van der Waals surface area contributed by atoms with Gasteiger partial charge < -0.3 is 4.74 Å². The number of aromatic amines is 2. The smallest absolute Gasteiger partial charge is 0.351 e. The molecule has 0 amide bonds. The first kappa shape index (κ1) is 13.2. The van der Waals surface area contributed by atoms with Crippen LogP contribution in [0.4, 0.5) is 0 Å². The van der Waals surface area contributed by atoms with Crippen LogP contribution in [0.5, 0.6) is 0 Å². The largest absolute Gasteiger partial charge is 0.461 e. The molecular formula is C9H11N3O4S. The molecule has 0 bridgehead atoms. The van der Waals surface area contributed by atoms with Crippen LogP contribution < -0.4 is 11.4 Å². The first-order chi connectivity index (χ1) is 7.99. The van der Waals surface area contributed by atoms with E-state index in [-0.39, 0.29) is 11.8 Å². The van der Waals surface area contributed by atoms with Gasteiger partial charge in [-0.1, -0.05) is 18.3 Å². The number of nitrogens with one attached hydrogen (secondary N) is 2. The number of aromatic nitrogens is 3. The van der Waals surface area contributed by atoms with Crippen LogP contribution >= 0.6 is 11.8 Å². The van der Waals surface area contributed by atoms with Crippen molar-refractivity contribution < 1.29 is 9.53 Å². The summed E-state index contributed by atoms with van der Waals surface area (Å²) in [6, 6.07) is 0. The molecule has 7 nitrogen and oxygen atoms in total. The van der Waals surface area contributed by atoms with Crippen LogP contribution in [0, 0.1) is 0 Å². The quantitative estimate of drug-likeness (QED) is 0.324. The molecule has 1 rings (SSSR count). The van der Waals surface area contributed by atoms with Crippen molar-refractivity contribution in [2.45, 2.75) is 12.1 Å². The molecule has 1 aromatic rings. The highest BCUT2D eigenvalue weighted by atomic mass is 32.2. The standard InChI is InChI=1S/C9H11N3O4S/c1-5(2)6(13)16-3-4-17-9-11-7(14)10-8(15)12-9/h1,3-4H2,2H3,(H2,10,11,12,14,15). The van der Waals surface area contributed by atoms with Crippen LogP contribution in [0.3, 0.4) is 0 Å². The van der Waals surface area contributed by atoms with Crippen molar-refractivity contribution in [2.24, 2.45) is 0 Å². The van der Waals surface area contributed by atoms with E-state index in [0.29, 0.717) is 11.3 Å². The Morgan fingerprint density at radius 2 is 2.18 bits per heavy atom. The van der Waals surface area contributed by atoms with Gasteiger partial charge in [0, 0.05) is 11.3 Å². The first-order valence-electron chi connectivity index (χ1n) is 4.65. The van der Waals surface area contributed by atoms with Gasteiger partial charge in [-0.3, -0.25) is 9.97 Å². The van der Waals surface area contributed by atoms with Crippen molar-refractivity contribution in [1.29, 1.82) is 0 Å². The molecule has 2 N–H and O–H groups in total. The number of esters is 1. The number of ether oxygens (including phenoxy) is 1. The molecular weight excluding hydrogens is 246 g/mol. The second-order valence-corrected chi connectivity index (χ2v) is 4.15. The summed E-state index contributed by atoms with van der Waals surface area (Å²) in [7, 11) is 0.